The second-order valence-electron chi connectivity index (χ2n) is 3.73. The molecule has 17 heavy (non-hydrogen) atoms. The summed E-state index contributed by atoms with van der Waals surface area (Å²) in [5.74, 6) is 0.886. The largest absolute Gasteiger partial charge is 0.492 e. The zero-order valence-corrected chi connectivity index (χ0v) is 10.2. The maximum atomic E-state index is 5.55. The minimum Gasteiger partial charge on any atom is -0.492 e. The Morgan fingerprint density at radius 1 is 1.29 bits per heavy atom. The van der Waals surface area contributed by atoms with E-state index in [1.165, 1.54) is 0 Å². The van der Waals surface area contributed by atoms with Gasteiger partial charge in [0, 0.05) is 13.2 Å². The van der Waals surface area contributed by atoms with Crippen molar-refractivity contribution in [1.29, 1.82) is 0 Å². The molecule has 2 aromatic rings. The van der Waals surface area contributed by atoms with Crippen LogP contribution < -0.4 is 10.1 Å². The second-order valence-corrected chi connectivity index (χ2v) is 3.73. The van der Waals surface area contributed by atoms with E-state index >= 15 is 0 Å². The quantitative estimate of drug-likeness (QED) is 0.859. The van der Waals surface area contributed by atoms with Crippen LogP contribution in [0.5, 0.6) is 5.75 Å². The maximum Gasteiger partial charge on any atom is 0.142 e. The van der Waals surface area contributed by atoms with E-state index < -0.39 is 0 Å². The molecule has 1 N–H and O–H groups in total. The Balaban J connectivity index is 2.06. The van der Waals surface area contributed by atoms with E-state index in [-0.39, 0.29) is 0 Å². The highest BCUT2D eigenvalue weighted by molar-refractivity contribution is 5.56. The first-order chi connectivity index (χ1) is 8.31. The molecule has 0 radical (unpaired) electrons. The van der Waals surface area contributed by atoms with E-state index in [0.29, 0.717) is 6.61 Å². The number of ether oxygens (including phenoxy) is 1. The predicted molar refractivity (Wildman–Crippen MR) is 68.1 cm³/mol. The number of rotatable bonds is 5. The van der Waals surface area contributed by atoms with Crippen LogP contribution in [-0.2, 0) is 13.6 Å². The minimum atomic E-state index is 0.671. The number of nitrogens with one attached hydrogen (secondary N) is 1. The minimum absolute atomic E-state index is 0.671. The molecule has 0 aliphatic rings. The average Bonchev–Trinajstić information content (AvgIpc) is 2.74. The molecule has 0 bridgehead atoms. The summed E-state index contributed by atoms with van der Waals surface area (Å²) in [5.41, 5.74) is 2.15. The molecule has 0 aliphatic heterocycles. The van der Waals surface area contributed by atoms with Gasteiger partial charge in [0.2, 0.25) is 0 Å². The Labute approximate surface area is 101 Å². The molecule has 1 heterocycles. The molecule has 0 aliphatic carbocycles. The SMILES string of the molecule is CCOc1ccccc1NCc1ccnn1C. The van der Waals surface area contributed by atoms with Crippen molar-refractivity contribution in [2.24, 2.45) is 7.05 Å². The number of benzene rings is 1. The van der Waals surface area contributed by atoms with Crippen LogP contribution >= 0.6 is 0 Å². The zero-order chi connectivity index (χ0) is 12.1. The molecule has 0 fully saturated rings. The summed E-state index contributed by atoms with van der Waals surface area (Å²) in [5, 5.41) is 7.49. The van der Waals surface area contributed by atoms with Crippen LogP contribution in [-0.4, -0.2) is 16.4 Å². The van der Waals surface area contributed by atoms with Gasteiger partial charge >= 0.3 is 0 Å². The fourth-order valence-electron chi connectivity index (χ4n) is 1.65. The molecule has 4 nitrogen and oxygen atoms in total. The van der Waals surface area contributed by atoms with Crippen molar-refractivity contribution < 1.29 is 4.74 Å². The number of para-hydroxylation sites is 2. The van der Waals surface area contributed by atoms with E-state index in [4.69, 9.17) is 4.74 Å². The molecule has 1 aromatic carbocycles. The molecule has 0 saturated carbocycles. The third-order valence-corrected chi connectivity index (χ3v) is 2.57. The van der Waals surface area contributed by atoms with E-state index in [9.17, 15) is 0 Å². The highest BCUT2D eigenvalue weighted by Crippen LogP contribution is 2.24. The van der Waals surface area contributed by atoms with Crippen LogP contribution in [0.1, 0.15) is 12.6 Å². The molecule has 2 rings (SSSR count). The summed E-state index contributed by atoms with van der Waals surface area (Å²) in [4.78, 5) is 0. The monoisotopic (exact) mass is 231 g/mol. The molecule has 0 amide bonds. The highest BCUT2D eigenvalue weighted by atomic mass is 16.5. The standard InChI is InChI=1S/C13H17N3O/c1-3-17-13-7-5-4-6-12(13)14-10-11-8-9-15-16(11)2/h4-9,14H,3,10H2,1-2H3. The second kappa shape index (κ2) is 5.39. The van der Waals surface area contributed by atoms with E-state index in [2.05, 4.69) is 10.4 Å². The normalized spacial score (nSPS) is 10.2. The van der Waals surface area contributed by atoms with Gasteiger partial charge in [-0.25, -0.2) is 0 Å². The lowest BCUT2D eigenvalue weighted by atomic mass is 10.3. The lowest BCUT2D eigenvalue weighted by molar-refractivity contribution is 0.341. The van der Waals surface area contributed by atoms with Gasteiger partial charge in [-0.05, 0) is 25.1 Å². The predicted octanol–water partition coefficient (Wildman–Crippen LogP) is 2.43. The summed E-state index contributed by atoms with van der Waals surface area (Å²) in [6.45, 7) is 3.39. The third-order valence-electron chi connectivity index (χ3n) is 2.57. The van der Waals surface area contributed by atoms with E-state index in [0.717, 1.165) is 23.7 Å². The molecule has 0 saturated heterocycles. The van der Waals surface area contributed by atoms with Crippen molar-refractivity contribution >= 4 is 5.69 Å². The van der Waals surface area contributed by atoms with Crippen molar-refractivity contribution in [2.75, 3.05) is 11.9 Å². The first kappa shape index (κ1) is 11.5. The Kier molecular flexibility index (Phi) is 3.65. The lowest BCUT2D eigenvalue weighted by Crippen LogP contribution is -2.06. The summed E-state index contributed by atoms with van der Waals surface area (Å²) < 4.78 is 7.41. The summed E-state index contributed by atoms with van der Waals surface area (Å²) >= 11 is 0. The smallest absolute Gasteiger partial charge is 0.142 e. The van der Waals surface area contributed by atoms with Gasteiger partial charge in [-0.2, -0.15) is 5.10 Å². The van der Waals surface area contributed by atoms with Gasteiger partial charge in [-0.3, -0.25) is 4.68 Å². The molecule has 1 aromatic heterocycles. The summed E-state index contributed by atoms with van der Waals surface area (Å²) in [6, 6.07) is 9.95. The van der Waals surface area contributed by atoms with Crippen LogP contribution in [0.3, 0.4) is 0 Å². The molecule has 0 spiro atoms. The van der Waals surface area contributed by atoms with Gasteiger partial charge < -0.3 is 10.1 Å². The van der Waals surface area contributed by atoms with Crippen molar-refractivity contribution in [3.05, 3.63) is 42.2 Å². The first-order valence-corrected chi connectivity index (χ1v) is 5.74. The van der Waals surface area contributed by atoms with Gasteiger partial charge in [-0.1, -0.05) is 12.1 Å². The Morgan fingerprint density at radius 2 is 2.12 bits per heavy atom. The summed E-state index contributed by atoms with van der Waals surface area (Å²) in [6.07, 6.45) is 1.80. The Bertz CT molecular complexity index is 479. The third kappa shape index (κ3) is 2.78. The molecule has 4 heteroatoms. The molecular weight excluding hydrogens is 214 g/mol. The van der Waals surface area contributed by atoms with Crippen molar-refractivity contribution in [3.63, 3.8) is 0 Å². The number of hydrogen-bond donors (Lipinski definition) is 1. The van der Waals surface area contributed by atoms with Crippen molar-refractivity contribution in [1.82, 2.24) is 9.78 Å². The van der Waals surface area contributed by atoms with E-state index in [1.807, 2.05) is 49.0 Å². The average molecular weight is 231 g/mol. The Morgan fingerprint density at radius 3 is 2.82 bits per heavy atom. The molecule has 0 atom stereocenters. The van der Waals surface area contributed by atoms with Crippen LogP contribution in [0.25, 0.3) is 0 Å². The number of nitrogens with zero attached hydrogens (tertiary/aromatic N) is 2. The number of aryl methyl sites for hydroxylation is 1. The van der Waals surface area contributed by atoms with Crippen LogP contribution in [0.4, 0.5) is 5.69 Å². The molecule has 0 unspecified atom stereocenters. The topological polar surface area (TPSA) is 39.1 Å². The van der Waals surface area contributed by atoms with Gasteiger partial charge in [0.1, 0.15) is 5.75 Å². The van der Waals surface area contributed by atoms with Crippen LogP contribution in [0.2, 0.25) is 0 Å². The molecule has 90 valence electrons. The van der Waals surface area contributed by atoms with E-state index in [1.54, 1.807) is 6.20 Å². The number of anilines is 1. The van der Waals surface area contributed by atoms with Gasteiger partial charge in [0.05, 0.1) is 24.5 Å². The van der Waals surface area contributed by atoms with Gasteiger partial charge in [0.15, 0.2) is 0 Å². The fraction of sp³-hybridized carbons (Fsp3) is 0.308. The molecular formula is C13H17N3O. The lowest BCUT2D eigenvalue weighted by Gasteiger charge is -2.12. The van der Waals surface area contributed by atoms with Crippen LogP contribution in [0, 0.1) is 0 Å². The first-order valence-electron chi connectivity index (χ1n) is 5.74. The van der Waals surface area contributed by atoms with Crippen molar-refractivity contribution in [2.45, 2.75) is 13.5 Å². The fourth-order valence-corrected chi connectivity index (χ4v) is 1.65. The van der Waals surface area contributed by atoms with Gasteiger partial charge in [0.25, 0.3) is 0 Å². The van der Waals surface area contributed by atoms with Crippen LogP contribution in [0.15, 0.2) is 36.5 Å². The highest BCUT2D eigenvalue weighted by Gasteiger charge is 2.03. The number of aromatic nitrogens is 2. The van der Waals surface area contributed by atoms with Gasteiger partial charge in [-0.15, -0.1) is 0 Å². The summed E-state index contributed by atoms with van der Waals surface area (Å²) in [7, 11) is 1.94. The Hall–Kier alpha value is -1.97. The van der Waals surface area contributed by atoms with Crippen molar-refractivity contribution in [3.8, 4) is 5.75 Å². The maximum absolute atomic E-state index is 5.55. The zero-order valence-electron chi connectivity index (χ0n) is 10.2. The number of hydrogen-bond acceptors (Lipinski definition) is 3.